The number of quaternary nitrogens is 1. The van der Waals surface area contributed by atoms with Crippen LogP contribution in [-0.2, 0) is 28.9 Å². The molecule has 1 fully saturated rings. The number of nitrogens with zero attached hydrogens (tertiary/aromatic N) is 2. The average molecular weight is 483 g/mol. The lowest BCUT2D eigenvalue weighted by Crippen LogP contribution is -3.12. The molecular weight excluding hydrogens is 450 g/mol. The predicted molar refractivity (Wildman–Crippen MR) is 134 cm³/mol. The van der Waals surface area contributed by atoms with Gasteiger partial charge in [-0.05, 0) is 55.9 Å². The quantitative estimate of drug-likeness (QED) is 0.479. The molecule has 3 N–H and O–H groups in total. The summed E-state index contributed by atoms with van der Waals surface area (Å²) >= 11 is 1.79. The van der Waals surface area contributed by atoms with Gasteiger partial charge in [0, 0.05) is 4.88 Å². The molecule has 0 bridgehead atoms. The van der Waals surface area contributed by atoms with Gasteiger partial charge < -0.3 is 25.0 Å². The summed E-state index contributed by atoms with van der Waals surface area (Å²) in [4.78, 5) is 26.6. The number of hydrogen-bond acceptors (Lipinski definition) is 7. The first-order valence-electron chi connectivity index (χ1n) is 12.0. The van der Waals surface area contributed by atoms with Crippen molar-refractivity contribution in [2.24, 2.45) is 0 Å². The van der Waals surface area contributed by atoms with E-state index in [4.69, 9.17) is 19.4 Å². The van der Waals surface area contributed by atoms with Crippen LogP contribution in [0.5, 0.6) is 5.75 Å². The highest BCUT2D eigenvalue weighted by molar-refractivity contribution is 7.19. The Morgan fingerprint density at radius 2 is 2.03 bits per heavy atom. The van der Waals surface area contributed by atoms with E-state index in [9.17, 15) is 4.79 Å². The molecular formula is C25H32N5O3S+. The van der Waals surface area contributed by atoms with Crippen LogP contribution in [0.15, 0.2) is 18.2 Å². The number of aromatic nitrogens is 2. The van der Waals surface area contributed by atoms with E-state index in [0.29, 0.717) is 11.4 Å². The Morgan fingerprint density at radius 1 is 1.21 bits per heavy atom. The van der Waals surface area contributed by atoms with Crippen LogP contribution in [0.2, 0.25) is 0 Å². The first kappa shape index (κ1) is 23.0. The fourth-order valence-electron chi connectivity index (χ4n) is 4.75. The predicted octanol–water partition coefficient (Wildman–Crippen LogP) is 2.35. The summed E-state index contributed by atoms with van der Waals surface area (Å²) in [5.41, 5.74) is 3.09. The summed E-state index contributed by atoms with van der Waals surface area (Å²) < 4.78 is 10.9. The van der Waals surface area contributed by atoms with Gasteiger partial charge in [0.05, 0.1) is 37.9 Å². The van der Waals surface area contributed by atoms with Gasteiger partial charge in [-0.3, -0.25) is 4.79 Å². The van der Waals surface area contributed by atoms with Crippen LogP contribution in [0, 0.1) is 6.92 Å². The summed E-state index contributed by atoms with van der Waals surface area (Å²) in [5.74, 6) is 2.11. The van der Waals surface area contributed by atoms with Gasteiger partial charge in [0.2, 0.25) is 5.91 Å². The van der Waals surface area contributed by atoms with Crippen LogP contribution < -0.4 is 20.3 Å². The number of carbonyl (C=O) groups is 1. The van der Waals surface area contributed by atoms with E-state index in [1.807, 2.05) is 25.1 Å². The molecule has 1 aromatic carbocycles. The Hall–Kier alpha value is -2.75. The number of anilines is 2. The van der Waals surface area contributed by atoms with Crippen LogP contribution in [0.3, 0.4) is 0 Å². The highest BCUT2D eigenvalue weighted by Gasteiger charge is 2.23. The summed E-state index contributed by atoms with van der Waals surface area (Å²) in [6.45, 7) is 6.36. The van der Waals surface area contributed by atoms with E-state index >= 15 is 0 Å². The Labute approximate surface area is 203 Å². The van der Waals surface area contributed by atoms with Gasteiger partial charge in [-0.2, -0.15) is 0 Å². The first-order chi connectivity index (χ1) is 16.6. The average Bonchev–Trinajstić information content (AvgIpc) is 3.22. The van der Waals surface area contributed by atoms with E-state index in [1.165, 1.54) is 28.2 Å². The van der Waals surface area contributed by atoms with E-state index in [0.717, 1.165) is 73.1 Å². The third-order valence-electron chi connectivity index (χ3n) is 6.51. The summed E-state index contributed by atoms with van der Waals surface area (Å²) in [5, 5.41) is 7.41. The number of nitrogens with one attached hydrogen (secondary N) is 3. The number of aryl methyl sites for hydroxylation is 3. The van der Waals surface area contributed by atoms with Crippen molar-refractivity contribution in [2.75, 3.05) is 50.6 Å². The topological polar surface area (TPSA) is 89.8 Å². The lowest BCUT2D eigenvalue weighted by atomic mass is 9.97. The van der Waals surface area contributed by atoms with E-state index < -0.39 is 0 Å². The number of thiophene rings is 1. The van der Waals surface area contributed by atoms with Gasteiger partial charge in [0.25, 0.3) is 0 Å². The minimum Gasteiger partial charge on any atom is -0.495 e. The zero-order valence-electron chi connectivity index (χ0n) is 19.8. The molecule has 180 valence electrons. The maximum atomic E-state index is 12.8. The fourth-order valence-corrected chi connectivity index (χ4v) is 6.03. The second-order valence-electron chi connectivity index (χ2n) is 9.02. The van der Waals surface area contributed by atoms with Crippen LogP contribution in [0.1, 0.15) is 34.7 Å². The Kier molecular flexibility index (Phi) is 6.94. The smallest absolute Gasteiger partial charge is 0.243 e. The van der Waals surface area contributed by atoms with Crippen molar-refractivity contribution in [1.82, 2.24) is 9.97 Å². The molecule has 8 nitrogen and oxygen atoms in total. The maximum Gasteiger partial charge on any atom is 0.243 e. The van der Waals surface area contributed by atoms with Gasteiger partial charge in [-0.1, -0.05) is 6.07 Å². The van der Waals surface area contributed by atoms with Crippen molar-refractivity contribution in [3.05, 3.63) is 40.0 Å². The number of ether oxygens (including phenoxy) is 2. The number of hydrogen-bond donors (Lipinski definition) is 3. The van der Waals surface area contributed by atoms with Crippen LogP contribution >= 0.6 is 11.3 Å². The molecule has 0 saturated carbocycles. The number of benzene rings is 1. The van der Waals surface area contributed by atoms with Crippen LogP contribution in [-0.4, -0.2) is 55.8 Å². The molecule has 5 rings (SSSR count). The standard InChI is InChI=1S/C25H31N5O3S/c1-16-7-8-19(32-2)18(13-16)27-22(31)14-26-24-23-17-5-3-4-6-20(17)34-25(23)29-21(28-24)15-30-9-11-33-12-10-30/h7-8,13H,3-6,9-12,14-15H2,1-2H3,(H,27,31)(H,26,28,29)/p+1. The SMILES string of the molecule is COc1ccc(C)cc1NC(=O)CNc1nc(C[NH+]2CCOCC2)nc2sc3c(c12)CCCC3. The van der Waals surface area contributed by atoms with Crippen molar-refractivity contribution in [3.63, 3.8) is 0 Å². The number of morpholine rings is 1. The summed E-state index contributed by atoms with van der Waals surface area (Å²) in [6.07, 6.45) is 4.56. The van der Waals surface area contributed by atoms with Crippen molar-refractivity contribution in [2.45, 2.75) is 39.2 Å². The zero-order valence-corrected chi connectivity index (χ0v) is 20.6. The number of rotatable bonds is 7. The normalized spacial score (nSPS) is 16.3. The van der Waals surface area contributed by atoms with Gasteiger partial charge in [-0.25, -0.2) is 9.97 Å². The van der Waals surface area contributed by atoms with Gasteiger partial charge in [0.15, 0.2) is 5.82 Å². The molecule has 3 heterocycles. The number of methoxy groups -OCH3 is 1. The maximum absolute atomic E-state index is 12.8. The first-order valence-corrected chi connectivity index (χ1v) is 12.8. The number of amides is 1. The van der Waals surface area contributed by atoms with E-state index in [2.05, 4.69) is 10.6 Å². The van der Waals surface area contributed by atoms with Crippen molar-refractivity contribution >= 4 is 39.0 Å². The van der Waals surface area contributed by atoms with E-state index in [1.54, 1.807) is 18.4 Å². The second-order valence-corrected chi connectivity index (χ2v) is 10.1. The third kappa shape index (κ3) is 5.01. The molecule has 0 unspecified atom stereocenters. The minimum atomic E-state index is -0.139. The molecule has 34 heavy (non-hydrogen) atoms. The molecule has 1 amide bonds. The van der Waals surface area contributed by atoms with Crippen LogP contribution in [0.4, 0.5) is 11.5 Å². The highest BCUT2D eigenvalue weighted by Crippen LogP contribution is 2.38. The fraction of sp³-hybridized carbons (Fsp3) is 0.480. The van der Waals surface area contributed by atoms with Crippen LogP contribution in [0.25, 0.3) is 10.2 Å². The lowest BCUT2D eigenvalue weighted by molar-refractivity contribution is -0.922. The molecule has 3 aromatic rings. The van der Waals surface area contributed by atoms with Crippen molar-refractivity contribution in [3.8, 4) is 5.75 Å². The number of carbonyl (C=O) groups excluding carboxylic acids is 1. The molecule has 9 heteroatoms. The van der Waals surface area contributed by atoms with Gasteiger partial charge in [-0.15, -0.1) is 11.3 Å². The summed E-state index contributed by atoms with van der Waals surface area (Å²) in [6, 6.07) is 5.74. The number of fused-ring (bicyclic) bond motifs is 3. The monoisotopic (exact) mass is 482 g/mol. The minimum absolute atomic E-state index is 0.123. The van der Waals surface area contributed by atoms with Gasteiger partial charge in [0.1, 0.15) is 36.0 Å². The van der Waals surface area contributed by atoms with Gasteiger partial charge >= 0.3 is 0 Å². The third-order valence-corrected chi connectivity index (χ3v) is 7.70. The zero-order chi connectivity index (χ0) is 23.5. The van der Waals surface area contributed by atoms with Crippen molar-refractivity contribution < 1.29 is 19.2 Å². The molecule has 2 aliphatic rings. The lowest BCUT2D eigenvalue weighted by Gasteiger charge is -2.23. The molecule has 1 aliphatic heterocycles. The second kappa shape index (κ2) is 10.2. The Balaban J connectivity index is 1.39. The molecule has 1 aliphatic carbocycles. The molecule has 2 aromatic heterocycles. The molecule has 0 radical (unpaired) electrons. The Bertz CT molecular complexity index is 1190. The highest BCUT2D eigenvalue weighted by atomic mass is 32.1. The molecule has 0 spiro atoms. The largest absolute Gasteiger partial charge is 0.495 e. The molecule has 0 atom stereocenters. The Morgan fingerprint density at radius 3 is 2.85 bits per heavy atom. The van der Waals surface area contributed by atoms with E-state index in [-0.39, 0.29) is 12.5 Å². The molecule has 1 saturated heterocycles. The van der Waals surface area contributed by atoms with Crippen molar-refractivity contribution in [1.29, 1.82) is 0 Å². The summed E-state index contributed by atoms with van der Waals surface area (Å²) in [7, 11) is 1.61.